The van der Waals surface area contributed by atoms with E-state index in [4.69, 9.17) is 0 Å². The minimum absolute atomic E-state index is 0.619. The first-order valence-corrected chi connectivity index (χ1v) is 4.07. The molecule has 4 heteroatoms. The van der Waals surface area contributed by atoms with Crippen LogP contribution in [0.25, 0.3) is 5.95 Å². The quantitative estimate of drug-likeness (QED) is 0.654. The average molecular weight is 174 g/mol. The fourth-order valence-corrected chi connectivity index (χ4v) is 1.07. The number of rotatable bonds is 1. The average Bonchev–Trinajstić information content (AvgIpc) is 2.52. The molecule has 0 amide bonds. The Kier molecular flexibility index (Phi) is 1.81. The molecule has 0 bridgehead atoms. The lowest BCUT2D eigenvalue weighted by Crippen LogP contribution is -2.01. The molecule has 66 valence electrons. The van der Waals surface area contributed by atoms with Gasteiger partial charge in [-0.3, -0.25) is 0 Å². The maximum absolute atomic E-state index is 4.25. The van der Waals surface area contributed by atoms with Crippen molar-refractivity contribution in [3.05, 3.63) is 35.9 Å². The van der Waals surface area contributed by atoms with Crippen molar-refractivity contribution in [2.24, 2.45) is 0 Å². The number of nitrogens with zero attached hydrogens (tertiary/aromatic N) is 4. The van der Waals surface area contributed by atoms with E-state index in [0.717, 1.165) is 11.3 Å². The third kappa shape index (κ3) is 1.56. The normalized spacial score (nSPS) is 10.3. The smallest absolute Gasteiger partial charge is 0.220 e. The van der Waals surface area contributed by atoms with Gasteiger partial charge in [-0.05, 0) is 25.5 Å². The maximum Gasteiger partial charge on any atom is 0.250 e. The van der Waals surface area contributed by atoms with Crippen LogP contribution < -0.4 is 0 Å². The number of hydrogen-bond donors (Lipinski definition) is 0. The van der Waals surface area contributed by atoms with Gasteiger partial charge in [-0.2, -0.15) is 5.10 Å². The van der Waals surface area contributed by atoms with Crippen LogP contribution in [0.3, 0.4) is 0 Å². The van der Waals surface area contributed by atoms with Crippen LogP contribution in [0, 0.1) is 13.8 Å². The lowest BCUT2D eigenvalue weighted by atomic mass is 10.4. The lowest BCUT2D eigenvalue weighted by Gasteiger charge is -1.98. The summed E-state index contributed by atoms with van der Waals surface area (Å²) in [7, 11) is 0. The summed E-state index contributed by atoms with van der Waals surface area (Å²) in [6.07, 6.45) is 5.41. The van der Waals surface area contributed by atoms with Crippen LogP contribution in [-0.4, -0.2) is 19.7 Å². The Morgan fingerprint density at radius 1 is 1.31 bits per heavy atom. The summed E-state index contributed by atoms with van der Waals surface area (Å²) in [5, 5.41) is 4.12. The lowest BCUT2D eigenvalue weighted by molar-refractivity contribution is 0.801. The van der Waals surface area contributed by atoms with Gasteiger partial charge in [0.15, 0.2) is 0 Å². The molecule has 4 nitrogen and oxygen atoms in total. The first-order chi connectivity index (χ1) is 6.25. The van der Waals surface area contributed by atoms with Gasteiger partial charge in [0.05, 0.1) is 6.20 Å². The Hall–Kier alpha value is -1.71. The van der Waals surface area contributed by atoms with Crippen LogP contribution in [0.2, 0.25) is 0 Å². The van der Waals surface area contributed by atoms with Crippen molar-refractivity contribution in [3.63, 3.8) is 0 Å². The molecule has 0 fully saturated rings. The van der Waals surface area contributed by atoms with Gasteiger partial charge in [-0.15, -0.1) is 0 Å². The van der Waals surface area contributed by atoms with Gasteiger partial charge in [-0.25, -0.2) is 14.6 Å². The standard InChI is InChI=1S/C9H10N4/c1-7-5-11-13(6-7)9-10-4-3-8(2)12-9/h3-6H,1-2H3. The third-order valence-electron chi connectivity index (χ3n) is 1.70. The monoisotopic (exact) mass is 174 g/mol. The predicted molar refractivity (Wildman–Crippen MR) is 48.6 cm³/mol. The van der Waals surface area contributed by atoms with Gasteiger partial charge in [0, 0.05) is 18.1 Å². The van der Waals surface area contributed by atoms with Crippen LogP contribution in [0.15, 0.2) is 24.7 Å². The highest BCUT2D eigenvalue weighted by Gasteiger charge is 1.99. The SMILES string of the molecule is Cc1cnn(-c2nccc(C)n2)c1. The van der Waals surface area contributed by atoms with E-state index in [1.807, 2.05) is 26.1 Å². The molecule has 0 aliphatic rings. The van der Waals surface area contributed by atoms with E-state index >= 15 is 0 Å². The molecule has 2 aromatic heterocycles. The Bertz CT molecular complexity index is 419. The highest BCUT2D eigenvalue weighted by atomic mass is 15.3. The van der Waals surface area contributed by atoms with Crippen LogP contribution in [0.4, 0.5) is 0 Å². The summed E-state index contributed by atoms with van der Waals surface area (Å²) in [6, 6.07) is 1.86. The van der Waals surface area contributed by atoms with Crippen molar-refractivity contribution < 1.29 is 0 Å². The van der Waals surface area contributed by atoms with Crippen molar-refractivity contribution in [2.45, 2.75) is 13.8 Å². The fraction of sp³-hybridized carbons (Fsp3) is 0.222. The number of aromatic nitrogens is 4. The molecule has 0 saturated carbocycles. The summed E-state index contributed by atoms with van der Waals surface area (Å²) in [5.74, 6) is 0.619. The second-order valence-electron chi connectivity index (χ2n) is 2.96. The molecular formula is C9H10N4. The molecule has 0 radical (unpaired) electrons. The topological polar surface area (TPSA) is 43.6 Å². The molecular weight excluding hydrogens is 164 g/mol. The fourth-order valence-electron chi connectivity index (χ4n) is 1.07. The highest BCUT2D eigenvalue weighted by Crippen LogP contribution is 2.01. The van der Waals surface area contributed by atoms with Gasteiger partial charge >= 0.3 is 0 Å². The van der Waals surface area contributed by atoms with Crippen LogP contribution >= 0.6 is 0 Å². The zero-order chi connectivity index (χ0) is 9.26. The predicted octanol–water partition coefficient (Wildman–Crippen LogP) is 1.28. The molecule has 2 heterocycles. The maximum atomic E-state index is 4.25. The van der Waals surface area contributed by atoms with Crippen molar-refractivity contribution in [1.29, 1.82) is 0 Å². The molecule has 0 aliphatic carbocycles. The Morgan fingerprint density at radius 3 is 2.77 bits per heavy atom. The summed E-state index contributed by atoms with van der Waals surface area (Å²) in [5.41, 5.74) is 2.04. The highest BCUT2D eigenvalue weighted by molar-refractivity contribution is 5.14. The van der Waals surface area contributed by atoms with Gasteiger partial charge in [0.1, 0.15) is 0 Å². The van der Waals surface area contributed by atoms with E-state index in [-0.39, 0.29) is 0 Å². The molecule has 0 saturated heterocycles. The van der Waals surface area contributed by atoms with Gasteiger partial charge < -0.3 is 0 Å². The summed E-state index contributed by atoms with van der Waals surface area (Å²) in [4.78, 5) is 8.36. The van der Waals surface area contributed by atoms with E-state index in [9.17, 15) is 0 Å². The first kappa shape index (κ1) is 7.91. The molecule has 0 N–H and O–H groups in total. The molecule has 0 spiro atoms. The first-order valence-electron chi connectivity index (χ1n) is 4.07. The number of hydrogen-bond acceptors (Lipinski definition) is 3. The van der Waals surface area contributed by atoms with E-state index < -0.39 is 0 Å². The molecule has 13 heavy (non-hydrogen) atoms. The largest absolute Gasteiger partial charge is 0.250 e. The second-order valence-corrected chi connectivity index (χ2v) is 2.96. The molecule has 2 aromatic rings. The second kappa shape index (κ2) is 2.97. The third-order valence-corrected chi connectivity index (χ3v) is 1.70. The summed E-state index contributed by atoms with van der Waals surface area (Å²) in [6.45, 7) is 3.92. The zero-order valence-electron chi connectivity index (χ0n) is 7.60. The van der Waals surface area contributed by atoms with Gasteiger partial charge in [-0.1, -0.05) is 0 Å². The van der Waals surface area contributed by atoms with Crippen molar-refractivity contribution >= 4 is 0 Å². The minimum atomic E-state index is 0.619. The Balaban J connectivity index is 2.46. The van der Waals surface area contributed by atoms with E-state index in [1.165, 1.54) is 0 Å². The zero-order valence-corrected chi connectivity index (χ0v) is 7.60. The summed E-state index contributed by atoms with van der Waals surface area (Å²) < 4.78 is 1.67. The van der Waals surface area contributed by atoms with E-state index in [0.29, 0.717) is 5.95 Å². The number of aryl methyl sites for hydroxylation is 2. The van der Waals surface area contributed by atoms with Gasteiger partial charge in [0.2, 0.25) is 0 Å². The van der Waals surface area contributed by atoms with Crippen molar-refractivity contribution in [2.75, 3.05) is 0 Å². The molecule has 0 unspecified atom stereocenters. The molecule has 2 rings (SSSR count). The Morgan fingerprint density at radius 2 is 2.15 bits per heavy atom. The molecule has 0 atom stereocenters. The molecule has 0 aromatic carbocycles. The van der Waals surface area contributed by atoms with E-state index in [1.54, 1.807) is 17.1 Å². The summed E-state index contributed by atoms with van der Waals surface area (Å²) >= 11 is 0. The van der Waals surface area contributed by atoms with Crippen LogP contribution in [0.1, 0.15) is 11.3 Å². The van der Waals surface area contributed by atoms with Crippen LogP contribution in [-0.2, 0) is 0 Å². The minimum Gasteiger partial charge on any atom is -0.220 e. The van der Waals surface area contributed by atoms with Gasteiger partial charge in [0.25, 0.3) is 5.95 Å². The Labute approximate surface area is 76.3 Å². The van der Waals surface area contributed by atoms with Crippen molar-refractivity contribution in [1.82, 2.24) is 19.7 Å². The van der Waals surface area contributed by atoms with Crippen LogP contribution in [0.5, 0.6) is 0 Å². The van der Waals surface area contributed by atoms with E-state index in [2.05, 4.69) is 15.1 Å². The molecule has 0 aliphatic heterocycles. The van der Waals surface area contributed by atoms with Crippen molar-refractivity contribution in [3.8, 4) is 5.95 Å².